The molecule has 90 valence electrons. The first-order valence-corrected chi connectivity index (χ1v) is 5.47. The Morgan fingerprint density at radius 2 is 2.53 bits per heavy atom. The second-order valence-corrected chi connectivity index (χ2v) is 3.60. The number of aromatic nitrogens is 1. The number of pyridine rings is 1. The third kappa shape index (κ3) is 2.82. The number of hydrogen-bond donors (Lipinski definition) is 2. The first-order chi connectivity index (χ1) is 8.19. The van der Waals surface area contributed by atoms with Crippen LogP contribution in [0.1, 0.15) is 6.92 Å². The fourth-order valence-electron chi connectivity index (χ4n) is 1.31. The summed E-state index contributed by atoms with van der Waals surface area (Å²) in [5.41, 5.74) is 0. The molecule has 0 atom stereocenters. The van der Waals surface area contributed by atoms with Gasteiger partial charge in [0, 0.05) is 0 Å². The highest BCUT2D eigenvalue weighted by molar-refractivity contribution is 7.80. The number of carbonyl (C=O) groups excluding carboxylic acids is 1. The third-order valence-electron chi connectivity index (χ3n) is 1.98. The zero-order valence-electron chi connectivity index (χ0n) is 9.15. The summed E-state index contributed by atoms with van der Waals surface area (Å²) in [7, 11) is 0. The van der Waals surface area contributed by atoms with Gasteiger partial charge in [-0.05, 0) is 31.3 Å². The summed E-state index contributed by atoms with van der Waals surface area (Å²) in [6.07, 6.45) is 0. The average molecular weight is 253 g/mol. The highest BCUT2D eigenvalue weighted by Crippen LogP contribution is 2.26. The van der Waals surface area contributed by atoms with E-state index in [0.717, 1.165) is 0 Å². The normalized spacial score (nSPS) is 13.1. The van der Waals surface area contributed by atoms with Gasteiger partial charge < -0.3 is 20.1 Å². The lowest BCUT2D eigenvalue weighted by atomic mass is 10.3. The molecule has 0 saturated heterocycles. The monoisotopic (exact) mass is 253 g/mol. The number of thiocarbonyl (C=S) groups is 1. The molecule has 0 aliphatic carbocycles. The lowest BCUT2D eigenvalue weighted by molar-refractivity contribution is -0.118. The molecule has 2 N–H and O–H groups in total. The van der Waals surface area contributed by atoms with Crippen molar-refractivity contribution in [1.29, 1.82) is 0 Å². The lowest BCUT2D eigenvalue weighted by Crippen LogP contribution is -2.26. The second-order valence-electron chi connectivity index (χ2n) is 3.23. The molecule has 1 aliphatic heterocycles. The maximum atomic E-state index is 11.1. The van der Waals surface area contributed by atoms with Crippen LogP contribution in [0.5, 0.6) is 5.75 Å². The first kappa shape index (κ1) is 11.6. The van der Waals surface area contributed by atoms with E-state index in [-0.39, 0.29) is 17.7 Å². The van der Waals surface area contributed by atoms with Gasteiger partial charge in [-0.2, -0.15) is 0 Å². The Labute approximate surface area is 103 Å². The lowest BCUT2D eigenvalue weighted by Gasteiger charge is -2.17. The fraction of sp³-hybridized carbons (Fsp3) is 0.300. The molecule has 0 bridgehead atoms. The molecule has 2 rings (SSSR count). The van der Waals surface area contributed by atoms with Crippen molar-refractivity contribution < 1.29 is 14.3 Å². The largest absolute Gasteiger partial charge is 0.480 e. The van der Waals surface area contributed by atoms with Crippen LogP contribution in [0.15, 0.2) is 12.1 Å². The molecule has 6 nitrogen and oxygen atoms in total. The van der Waals surface area contributed by atoms with Crippen LogP contribution < -0.4 is 15.4 Å². The number of nitrogens with zero attached hydrogens (tertiary/aromatic N) is 1. The predicted molar refractivity (Wildman–Crippen MR) is 66.2 cm³/mol. The van der Waals surface area contributed by atoms with Gasteiger partial charge in [-0.3, -0.25) is 4.79 Å². The molecule has 0 aromatic carbocycles. The SMILES string of the molecule is CCOC(=S)Nc1ccc2c(n1)NC(=O)CO2. The summed E-state index contributed by atoms with van der Waals surface area (Å²) >= 11 is 4.92. The Bertz CT molecular complexity index is 464. The minimum Gasteiger partial charge on any atom is -0.480 e. The molecular formula is C10H11N3O3S. The third-order valence-corrected chi connectivity index (χ3v) is 2.20. The zero-order valence-corrected chi connectivity index (χ0v) is 9.97. The van der Waals surface area contributed by atoms with E-state index in [0.29, 0.717) is 24.0 Å². The molecule has 0 radical (unpaired) electrons. The van der Waals surface area contributed by atoms with Gasteiger partial charge in [0.25, 0.3) is 11.1 Å². The molecule has 0 unspecified atom stereocenters. The van der Waals surface area contributed by atoms with Crippen molar-refractivity contribution in [3.63, 3.8) is 0 Å². The van der Waals surface area contributed by atoms with E-state index in [1.807, 2.05) is 6.92 Å². The van der Waals surface area contributed by atoms with Crippen LogP contribution in [-0.2, 0) is 9.53 Å². The molecule has 1 aromatic heterocycles. The summed E-state index contributed by atoms with van der Waals surface area (Å²) < 4.78 is 10.2. The van der Waals surface area contributed by atoms with Crippen molar-refractivity contribution in [2.45, 2.75) is 6.92 Å². The molecule has 0 saturated carbocycles. The standard InChI is InChI=1S/C10H11N3O3S/c1-2-15-10(17)12-7-4-3-6-9(11-7)13-8(14)5-16-6/h3-4H,2,5H2,1H3,(H2,11,12,13,14,17). The highest BCUT2D eigenvalue weighted by atomic mass is 32.1. The van der Waals surface area contributed by atoms with Gasteiger partial charge in [0.1, 0.15) is 5.82 Å². The van der Waals surface area contributed by atoms with Crippen molar-refractivity contribution in [3.8, 4) is 5.75 Å². The zero-order chi connectivity index (χ0) is 12.3. The highest BCUT2D eigenvalue weighted by Gasteiger charge is 2.17. The van der Waals surface area contributed by atoms with Crippen molar-refractivity contribution in [2.24, 2.45) is 0 Å². The minimum absolute atomic E-state index is 0.0127. The molecule has 1 amide bonds. The number of nitrogens with one attached hydrogen (secondary N) is 2. The second kappa shape index (κ2) is 4.96. The molecule has 2 heterocycles. The van der Waals surface area contributed by atoms with Gasteiger partial charge >= 0.3 is 0 Å². The number of rotatable bonds is 2. The Morgan fingerprint density at radius 3 is 3.29 bits per heavy atom. The summed E-state index contributed by atoms with van der Waals surface area (Å²) in [5.74, 6) is 1.19. The van der Waals surface area contributed by atoms with Gasteiger partial charge in [-0.15, -0.1) is 0 Å². The van der Waals surface area contributed by atoms with Gasteiger partial charge in [-0.1, -0.05) is 0 Å². The van der Waals surface area contributed by atoms with Gasteiger partial charge in [0.2, 0.25) is 0 Å². The number of anilines is 2. The number of carbonyl (C=O) groups is 1. The first-order valence-electron chi connectivity index (χ1n) is 5.06. The Kier molecular flexibility index (Phi) is 3.38. The molecule has 7 heteroatoms. The van der Waals surface area contributed by atoms with E-state index in [1.54, 1.807) is 12.1 Å². The quantitative estimate of drug-likeness (QED) is 0.770. The summed E-state index contributed by atoms with van der Waals surface area (Å²) in [5, 5.41) is 5.64. The maximum absolute atomic E-state index is 11.1. The fourth-order valence-corrected chi connectivity index (χ4v) is 1.53. The Balaban J connectivity index is 2.13. The van der Waals surface area contributed by atoms with Crippen LogP contribution in [0.25, 0.3) is 0 Å². The van der Waals surface area contributed by atoms with Crippen molar-refractivity contribution >= 4 is 34.9 Å². The van der Waals surface area contributed by atoms with Gasteiger partial charge in [-0.25, -0.2) is 4.98 Å². The van der Waals surface area contributed by atoms with E-state index >= 15 is 0 Å². The molecule has 17 heavy (non-hydrogen) atoms. The molecular weight excluding hydrogens is 242 g/mol. The number of fused-ring (bicyclic) bond motifs is 1. The minimum atomic E-state index is -0.227. The molecule has 0 spiro atoms. The average Bonchev–Trinajstić information content (AvgIpc) is 2.28. The van der Waals surface area contributed by atoms with Crippen LogP contribution in [0.4, 0.5) is 11.6 Å². The van der Waals surface area contributed by atoms with Crippen LogP contribution in [0, 0.1) is 0 Å². The van der Waals surface area contributed by atoms with Crippen molar-refractivity contribution in [2.75, 3.05) is 23.8 Å². The molecule has 1 aliphatic rings. The molecule has 0 fully saturated rings. The van der Waals surface area contributed by atoms with Crippen LogP contribution in [0.2, 0.25) is 0 Å². The Morgan fingerprint density at radius 1 is 1.71 bits per heavy atom. The van der Waals surface area contributed by atoms with E-state index in [9.17, 15) is 4.79 Å². The van der Waals surface area contributed by atoms with Crippen molar-refractivity contribution in [1.82, 2.24) is 4.98 Å². The van der Waals surface area contributed by atoms with Crippen molar-refractivity contribution in [3.05, 3.63) is 12.1 Å². The van der Waals surface area contributed by atoms with E-state index < -0.39 is 0 Å². The van der Waals surface area contributed by atoms with E-state index in [1.165, 1.54) is 0 Å². The summed E-state index contributed by atoms with van der Waals surface area (Å²) in [6, 6.07) is 3.40. The molecule has 1 aromatic rings. The summed E-state index contributed by atoms with van der Waals surface area (Å²) in [6.45, 7) is 2.33. The summed E-state index contributed by atoms with van der Waals surface area (Å²) in [4.78, 5) is 15.3. The Hall–Kier alpha value is -1.89. The predicted octanol–water partition coefficient (Wildman–Crippen LogP) is 1.15. The van der Waals surface area contributed by atoms with Gasteiger partial charge in [0.05, 0.1) is 6.61 Å². The maximum Gasteiger partial charge on any atom is 0.263 e. The van der Waals surface area contributed by atoms with E-state index in [2.05, 4.69) is 15.6 Å². The number of amides is 1. The van der Waals surface area contributed by atoms with Crippen LogP contribution >= 0.6 is 12.2 Å². The van der Waals surface area contributed by atoms with Crippen LogP contribution in [-0.4, -0.2) is 29.3 Å². The number of ether oxygens (including phenoxy) is 2. The smallest absolute Gasteiger partial charge is 0.263 e. The topological polar surface area (TPSA) is 72.5 Å². The van der Waals surface area contributed by atoms with E-state index in [4.69, 9.17) is 21.7 Å². The van der Waals surface area contributed by atoms with Gasteiger partial charge in [0.15, 0.2) is 18.2 Å². The number of hydrogen-bond acceptors (Lipinski definition) is 5. The van der Waals surface area contributed by atoms with Crippen LogP contribution in [0.3, 0.4) is 0 Å².